The predicted octanol–water partition coefficient (Wildman–Crippen LogP) is 0.103. The van der Waals surface area contributed by atoms with Crippen molar-refractivity contribution < 1.29 is 4.79 Å². The van der Waals surface area contributed by atoms with Gasteiger partial charge >= 0.3 is 0 Å². The summed E-state index contributed by atoms with van der Waals surface area (Å²) in [6.07, 6.45) is 0. The van der Waals surface area contributed by atoms with Gasteiger partial charge in [0.2, 0.25) is 5.56 Å². The molecule has 0 radical (unpaired) electrons. The number of H-pyrrole nitrogens is 1. The van der Waals surface area contributed by atoms with Gasteiger partial charge in [-0.2, -0.15) is 0 Å². The predicted molar refractivity (Wildman–Crippen MR) is 62.5 cm³/mol. The quantitative estimate of drug-likeness (QED) is 0.620. The largest absolute Gasteiger partial charge is 0.349 e. The third-order valence-electron chi connectivity index (χ3n) is 1.98. The number of carbonyl (C=O) groups excluding carboxylic acids is 1. The number of pyridine rings is 1. The first-order chi connectivity index (χ1) is 7.59. The van der Waals surface area contributed by atoms with Crippen LogP contribution in [0.5, 0.6) is 0 Å². The summed E-state index contributed by atoms with van der Waals surface area (Å²) in [4.78, 5) is 25.0. The van der Waals surface area contributed by atoms with Crippen LogP contribution >= 0.6 is 0 Å². The molecule has 0 aliphatic carbocycles. The Morgan fingerprint density at radius 3 is 2.75 bits per heavy atom. The van der Waals surface area contributed by atoms with Gasteiger partial charge in [0.05, 0.1) is 0 Å². The monoisotopic (exact) mass is 223 g/mol. The van der Waals surface area contributed by atoms with Gasteiger partial charge in [0, 0.05) is 25.2 Å². The van der Waals surface area contributed by atoms with E-state index in [0.29, 0.717) is 19.1 Å². The minimum Gasteiger partial charge on any atom is -0.349 e. The molecule has 0 fully saturated rings. The standard InChI is InChI=1S/C11H17N3O2/c1-8(2)12-6-7-13-11(16)9-4-3-5-10(15)14-9/h3-5,8,12H,6-7H2,1-2H3,(H,13,16)(H,14,15). The third-order valence-corrected chi connectivity index (χ3v) is 1.98. The van der Waals surface area contributed by atoms with E-state index in [1.807, 2.05) is 13.8 Å². The van der Waals surface area contributed by atoms with Crippen LogP contribution in [0.1, 0.15) is 24.3 Å². The van der Waals surface area contributed by atoms with E-state index in [2.05, 4.69) is 15.6 Å². The maximum atomic E-state index is 11.5. The first-order valence-electron chi connectivity index (χ1n) is 5.30. The minimum atomic E-state index is -0.270. The lowest BCUT2D eigenvalue weighted by atomic mass is 10.3. The van der Waals surface area contributed by atoms with Crippen LogP contribution < -0.4 is 16.2 Å². The highest BCUT2D eigenvalue weighted by Gasteiger charge is 2.04. The molecule has 0 bridgehead atoms. The van der Waals surface area contributed by atoms with Crippen molar-refractivity contribution in [1.82, 2.24) is 15.6 Å². The Kier molecular flexibility index (Phi) is 4.72. The summed E-state index contributed by atoms with van der Waals surface area (Å²) in [5.74, 6) is -0.261. The van der Waals surface area contributed by atoms with Crippen LogP contribution in [0, 0.1) is 0 Å². The second kappa shape index (κ2) is 6.07. The summed E-state index contributed by atoms with van der Waals surface area (Å²) in [6.45, 7) is 5.32. The molecule has 5 nitrogen and oxygen atoms in total. The van der Waals surface area contributed by atoms with Gasteiger partial charge in [-0.1, -0.05) is 19.9 Å². The van der Waals surface area contributed by atoms with Crippen molar-refractivity contribution in [2.24, 2.45) is 0 Å². The molecule has 0 aromatic carbocycles. The molecule has 3 N–H and O–H groups in total. The molecule has 88 valence electrons. The van der Waals surface area contributed by atoms with Crippen LogP contribution in [0.25, 0.3) is 0 Å². The molecule has 1 rings (SSSR count). The minimum absolute atomic E-state index is 0.261. The van der Waals surface area contributed by atoms with Crippen molar-refractivity contribution in [3.63, 3.8) is 0 Å². The van der Waals surface area contributed by atoms with Crippen molar-refractivity contribution in [2.45, 2.75) is 19.9 Å². The fraction of sp³-hybridized carbons (Fsp3) is 0.455. The number of hydrogen-bond acceptors (Lipinski definition) is 3. The molecular weight excluding hydrogens is 206 g/mol. The van der Waals surface area contributed by atoms with Gasteiger partial charge in [-0.3, -0.25) is 9.59 Å². The van der Waals surface area contributed by atoms with E-state index < -0.39 is 0 Å². The van der Waals surface area contributed by atoms with Crippen LogP contribution in [-0.4, -0.2) is 30.0 Å². The van der Waals surface area contributed by atoms with Crippen LogP contribution in [0.4, 0.5) is 0 Å². The first-order valence-corrected chi connectivity index (χ1v) is 5.30. The molecule has 0 saturated heterocycles. The number of carbonyl (C=O) groups is 1. The number of hydrogen-bond donors (Lipinski definition) is 3. The fourth-order valence-corrected chi connectivity index (χ4v) is 1.21. The van der Waals surface area contributed by atoms with Gasteiger partial charge in [-0.05, 0) is 6.07 Å². The summed E-state index contributed by atoms with van der Waals surface area (Å²) in [5.41, 5.74) is 0.0185. The smallest absolute Gasteiger partial charge is 0.267 e. The van der Waals surface area contributed by atoms with Crippen LogP contribution in [0.15, 0.2) is 23.0 Å². The Bertz CT molecular complexity index is 398. The van der Waals surface area contributed by atoms with Crippen molar-refractivity contribution in [3.05, 3.63) is 34.2 Å². The molecule has 5 heteroatoms. The molecule has 1 heterocycles. The van der Waals surface area contributed by atoms with Gasteiger partial charge in [0.15, 0.2) is 0 Å². The molecule has 0 aliphatic heterocycles. The van der Waals surface area contributed by atoms with Gasteiger partial charge in [-0.25, -0.2) is 0 Å². The number of aromatic nitrogens is 1. The van der Waals surface area contributed by atoms with Gasteiger partial charge in [-0.15, -0.1) is 0 Å². The molecule has 1 aromatic heterocycles. The van der Waals surface area contributed by atoms with Gasteiger partial charge < -0.3 is 15.6 Å². The summed E-state index contributed by atoms with van der Waals surface area (Å²) >= 11 is 0. The topological polar surface area (TPSA) is 74.0 Å². The Labute approximate surface area is 94.3 Å². The summed E-state index contributed by atoms with van der Waals surface area (Å²) in [6, 6.07) is 4.90. The zero-order chi connectivity index (χ0) is 12.0. The highest BCUT2D eigenvalue weighted by molar-refractivity contribution is 5.92. The maximum absolute atomic E-state index is 11.5. The molecule has 0 spiro atoms. The zero-order valence-electron chi connectivity index (χ0n) is 9.54. The van der Waals surface area contributed by atoms with Crippen LogP contribution in [-0.2, 0) is 0 Å². The summed E-state index contributed by atoms with van der Waals surface area (Å²) in [5, 5.41) is 5.89. The third kappa shape index (κ3) is 4.27. The molecule has 0 saturated carbocycles. The Morgan fingerprint density at radius 1 is 1.38 bits per heavy atom. The molecule has 1 amide bonds. The zero-order valence-corrected chi connectivity index (χ0v) is 9.54. The highest BCUT2D eigenvalue weighted by atomic mass is 16.2. The van der Waals surface area contributed by atoms with Crippen molar-refractivity contribution in [2.75, 3.05) is 13.1 Å². The second-order valence-corrected chi connectivity index (χ2v) is 3.79. The fourth-order valence-electron chi connectivity index (χ4n) is 1.21. The van der Waals surface area contributed by atoms with E-state index in [1.54, 1.807) is 12.1 Å². The van der Waals surface area contributed by atoms with E-state index in [1.165, 1.54) is 6.07 Å². The maximum Gasteiger partial charge on any atom is 0.267 e. The average Bonchev–Trinajstić information content (AvgIpc) is 2.24. The molecule has 16 heavy (non-hydrogen) atoms. The Morgan fingerprint density at radius 2 is 2.12 bits per heavy atom. The molecule has 0 aliphatic rings. The number of aromatic amines is 1. The highest BCUT2D eigenvalue weighted by Crippen LogP contribution is 1.88. The Hall–Kier alpha value is -1.62. The number of amides is 1. The van der Waals surface area contributed by atoms with E-state index in [9.17, 15) is 9.59 Å². The van der Waals surface area contributed by atoms with Gasteiger partial charge in [0.1, 0.15) is 5.69 Å². The molecular formula is C11H17N3O2. The van der Waals surface area contributed by atoms with E-state index in [4.69, 9.17) is 0 Å². The number of nitrogens with one attached hydrogen (secondary N) is 3. The Balaban J connectivity index is 2.38. The van der Waals surface area contributed by atoms with E-state index >= 15 is 0 Å². The summed E-state index contributed by atoms with van der Waals surface area (Å²) < 4.78 is 0. The van der Waals surface area contributed by atoms with Crippen molar-refractivity contribution in [3.8, 4) is 0 Å². The average molecular weight is 223 g/mol. The lowest BCUT2D eigenvalue weighted by Gasteiger charge is -2.08. The van der Waals surface area contributed by atoms with Crippen LogP contribution in [0.2, 0.25) is 0 Å². The van der Waals surface area contributed by atoms with E-state index in [0.717, 1.165) is 0 Å². The second-order valence-electron chi connectivity index (χ2n) is 3.79. The van der Waals surface area contributed by atoms with Crippen molar-refractivity contribution >= 4 is 5.91 Å². The normalized spacial score (nSPS) is 10.4. The van der Waals surface area contributed by atoms with Crippen molar-refractivity contribution in [1.29, 1.82) is 0 Å². The van der Waals surface area contributed by atoms with Gasteiger partial charge in [0.25, 0.3) is 5.91 Å². The molecule has 0 atom stereocenters. The number of rotatable bonds is 5. The lowest BCUT2D eigenvalue weighted by Crippen LogP contribution is -2.35. The van der Waals surface area contributed by atoms with E-state index in [-0.39, 0.29) is 17.2 Å². The SMILES string of the molecule is CC(C)NCCNC(=O)c1cccc(=O)[nH]1. The molecule has 1 aromatic rings. The molecule has 0 unspecified atom stereocenters. The van der Waals surface area contributed by atoms with Crippen LogP contribution in [0.3, 0.4) is 0 Å². The first kappa shape index (κ1) is 12.4. The summed E-state index contributed by atoms with van der Waals surface area (Å²) in [7, 11) is 0. The lowest BCUT2D eigenvalue weighted by molar-refractivity contribution is 0.0948.